The van der Waals surface area contributed by atoms with Crippen LogP contribution in [0.3, 0.4) is 0 Å². The second kappa shape index (κ2) is 8.29. The summed E-state index contributed by atoms with van der Waals surface area (Å²) in [6.45, 7) is 6.55. The van der Waals surface area contributed by atoms with Crippen LogP contribution in [0.5, 0.6) is 0 Å². The standard InChI is InChI=1S/C25H31NO3/c1-18(2)25(28,22-11-7-4-8-12-22)24(27)29-23-20-13-14-21(23)17-26(16-20)15-19-9-5-3-6-10-19/h3-12,18,20-21,23,28H,13-17H2,1-2H3. The van der Waals surface area contributed by atoms with Gasteiger partial charge in [0.1, 0.15) is 6.10 Å². The van der Waals surface area contributed by atoms with Crippen molar-refractivity contribution in [2.75, 3.05) is 13.1 Å². The van der Waals surface area contributed by atoms with E-state index in [2.05, 4.69) is 29.2 Å². The number of aliphatic hydroxyl groups is 1. The summed E-state index contributed by atoms with van der Waals surface area (Å²) in [7, 11) is 0. The van der Waals surface area contributed by atoms with Crippen molar-refractivity contribution in [1.82, 2.24) is 4.90 Å². The number of piperidine rings is 1. The molecule has 154 valence electrons. The molecule has 2 aromatic rings. The molecule has 2 aliphatic rings. The lowest BCUT2D eigenvalue weighted by Crippen LogP contribution is -2.50. The summed E-state index contributed by atoms with van der Waals surface area (Å²) in [5.41, 5.74) is 0.316. The van der Waals surface area contributed by atoms with Gasteiger partial charge in [0.2, 0.25) is 0 Å². The van der Waals surface area contributed by atoms with Crippen LogP contribution in [-0.4, -0.2) is 35.2 Å². The zero-order valence-electron chi connectivity index (χ0n) is 17.3. The van der Waals surface area contributed by atoms with Gasteiger partial charge in [0, 0.05) is 31.5 Å². The maximum Gasteiger partial charge on any atom is 0.343 e. The van der Waals surface area contributed by atoms with E-state index in [9.17, 15) is 9.90 Å². The van der Waals surface area contributed by atoms with E-state index in [1.165, 1.54) is 5.56 Å². The number of benzene rings is 2. The largest absolute Gasteiger partial charge is 0.459 e. The number of likely N-dealkylation sites (tertiary alicyclic amines) is 1. The minimum atomic E-state index is -1.61. The van der Waals surface area contributed by atoms with Crippen LogP contribution in [0.4, 0.5) is 0 Å². The van der Waals surface area contributed by atoms with Crippen molar-refractivity contribution in [3.05, 3.63) is 71.8 Å². The maximum absolute atomic E-state index is 13.2. The Morgan fingerprint density at radius 2 is 1.59 bits per heavy atom. The Labute approximate surface area is 173 Å². The number of fused-ring (bicyclic) bond motifs is 2. The molecule has 2 bridgehead atoms. The molecule has 0 amide bonds. The van der Waals surface area contributed by atoms with Gasteiger partial charge in [0.15, 0.2) is 5.60 Å². The summed E-state index contributed by atoms with van der Waals surface area (Å²) in [6.07, 6.45) is 2.07. The molecule has 2 aromatic carbocycles. The van der Waals surface area contributed by atoms with Gasteiger partial charge in [-0.05, 0) is 29.9 Å². The van der Waals surface area contributed by atoms with Crippen molar-refractivity contribution < 1.29 is 14.6 Å². The fourth-order valence-corrected chi connectivity index (χ4v) is 5.03. The molecule has 1 N–H and O–H groups in total. The fourth-order valence-electron chi connectivity index (χ4n) is 5.03. The number of nitrogens with zero attached hydrogens (tertiary/aromatic N) is 1. The van der Waals surface area contributed by atoms with Gasteiger partial charge in [-0.1, -0.05) is 74.5 Å². The summed E-state index contributed by atoms with van der Waals surface area (Å²) in [6, 6.07) is 19.7. The first kappa shape index (κ1) is 20.1. The zero-order valence-corrected chi connectivity index (χ0v) is 17.3. The molecule has 1 saturated heterocycles. The molecule has 3 atom stereocenters. The van der Waals surface area contributed by atoms with Gasteiger partial charge in [-0.15, -0.1) is 0 Å². The van der Waals surface area contributed by atoms with Crippen LogP contribution < -0.4 is 0 Å². The molecule has 29 heavy (non-hydrogen) atoms. The lowest BCUT2D eigenvalue weighted by atomic mass is 9.83. The highest BCUT2D eigenvalue weighted by Crippen LogP contribution is 2.41. The Kier molecular flexibility index (Phi) is 5.75. The lowest BCUT2D eigenvalue weighted by Gasteiger charge is -2.39. The van der Waals surface area contributed by atoms with Crippen molar-refractivity contribution >= 4 is 5.97 Å². The second-order valence-electron chi connectivity index (χ2n) is 8.93. The molecular weight excluding hydrogens is 362 g/mol. The van der Waals surface area contributed by atoms with E-state index in [0.717, 1.165) is 32.5 Å². The molecule has 1 heterocycles. The van der Waals surface area contributed by atoms with Crippen molar-refractivity contribution in [2.24, 2.45) is 17.8 Å². The first-order valence-electron chi connectivity index (χ1n) is 10.7. The number of carbonyl (C=O) groups excluding carboxylic acids is 1. The highest BCUT2D eigenvalue weighted by molar-refractivity contribution is 5.81. The first-order chi connectivity index (χ1) is 14.0. The number of ether oxygens (including phenoxy) is 1. The molecular formula is C25H31NO3. The molecule has 1 saturated carbocycles. The molecule has 4 rings (SSSR count). The minimum absolute atomic E-state index is 0.0940. The summed E-state index contributed by atoms with van der Waals surface area (Å²) in [5.74, 6) is -0.0903. The topological polar surface area (TPSA) is 49.8 Å². The van der Waals surface area contributed by atoms with Crippen LogP contribution in [0.25, 0.3) is 0 Å². The molecule has 0 radical (unpaired) electrons. The molecule has 2 fully saturated rings. The van der Waals surface area contributed by atoms with E-state index < -0.39 is 11.6 Å². The van der Waals surface area contributed by atoms with E-state index >= 15 is 0 Å². The normalized spacial score (nSPS) is 26.3. The third-order valence-corrected chi connectivity index (χ3v) is 6.68. The van der Waals surface area contributed by atoms with Gasteiger partial charge in [-0.3, -0.25) is 4.90 Å². The first-order valence-corrected chi connectivity index (χ1v) is 10.7. The Bertz CT molecular complexity index is 808. The molecule has 4 heteroatoms. The number of hydrogen-bond donors (Lipinski definition) is 1. The minimum Gasteiger partial charge on any atom is -0.459 e. The molecule has 3 unspecified atom stereocenters. The smallest absolute Gasteiger partial charge is 0.343 e. The Balaban J connectivity index is 1.45. The molecule has 1 aliphatic carbocycles. The summed E-state index contributed by atoms with van der Waals surface area (Å²) in [5, 5.41) is 11.3. The SMILES string of the molecule is CC(C)C(O)(C(=O)OC1C2CCC1CN(Cc1ccccc1)C2)c1ccccc1. The van der Waals surface area contributed by atoms with Crippen molar-refractivity contribution in [1.29, 1.82) is 0 Å². The average Bonchev–Trinajstić information content (AvgIpc) is 2.96. The predicted octanol–water partition coefficient (Wildman–Crippen LogP) is 3.98. The summed E-state index contributed by atoms with van der Waals surface area (Å²) in [4.78, 5) is 15.7. The molecule has 0 spiro atoms. The number of esters is 1. The van der Waals surface area contributed by atoms with E-state index in [1.807, 2.05) is 38.1 Å². The van der Waals surface area contributed by atoms with E-state index in [1.54, 1.807) is 12.1 Å². The highest BCUT2D eigenvalue weighted by atomic mass is 16.6. The molecule has 1 aliphatic heterocycles. The van der Waals surface area contributed by atoms with Crippen LogP contribution in [0, 0.1) is 17.8 Å². The van der Waals surface area contributed by atoms with Crippen LogP contribution in [0.15, 0.2) is 60.7 Å². The van der Waals surface area contributed by atoms with Gasteiger partial charge in [-0.25, -0.2) is 4.79 Å². The quantitative estimate of drug-likeness (QED) is 0.754. The van der Waals surface area contributed by atoms with Crippen molar-refractivity contribution in [2.45, 2.75) is 44.9 Å². The maximum atomic E-state index is 13.2. The second-order valence-corrected chi connectivity index (χ2v) is 8.93. The van der Waals surface area contributed by atoms with Crippen LogP contribution >= 0.6 is 0 Å². The number of carbonyl (C=O) groups is 1. The third-order valence-electron chi connectivity index (χ3n) is 6.68. The zero-order chi connectivity index (χ0) is 20.4. The Hall–Kier alpha value is -2.17. The highest BCUT2D eigenvalue weighted by Gasteiger charge is 2.49. The molecule has 0 aromatic heterocycles. The Morgan fingerprint density at radius 3 is 2.14 bits per heavy atom. The van der Waals surface area contributed by atoms with E-state index in [-0.39, 0.29) is 12.0 Å². The summed E-state index contributed by atoms with van der Waals surface area (Å²) < 4.78 is 6.04. The fraction of sp³-hybridized carbons (Fsp3) is 0.480. The van der Waals surface area contributed by atoms with Crippen LogP contribution in [-0.2, 0) is 21.7 Å². The van der Waals surface area contributed by atoms with Gasteiger partial charge in [0.05, 0.1) is 0 Å². The van der Waals surface area contributed by atoms with Crippen molar-refractivity contribution in [3.63, 3.8) is 0 Å². The van der Waals surface area contributed by atoms with Gasteiger partial charge >= 0.3 is 5.97 Å². The average molecular weight is 394 g/mol. The van der Waals surface area contributed by atoms with Gasteiger partial charge in [-0.2, -0.15) is 0 Å². The lowest BCUT2D eigenvalue weighted by molar-refractivity contribution is -0.184. The predicted molar refractivity (Wildman–Crippen MR) is 113 cm³/mol. The third kappa shape index (κ3) is 3.96. The van der Waals surface area contributed by atoms with Crippen LogP contribution in [0.2, 0.25) is 0 Å². The number of rotatable bonds is 6. The van der Waals surface area contributed by atoms with Crippen molar-refractivity contribution in [3.8, 4) is 0 Å². The van der Waals surface area contributed by atoms with E-state index in [4.69, 9.17) is 4.74 Å². The van der Waals surface area contributed by atoms with E-state index in [0.29, 0.717) is 17.4 Å². The van der Waals surface area contributed by atoms with Crippen LogP contribution in [0.1, 0.15) is 37.8 Å². The number of hydrogen-bond acceptors (Lipinski definition) is 4. The molecule has 4 nitrogen and oxygen atoms in total. The summed E-state index contributed by atoms with van der Waals surface area (Å²) >= 11 is 0. The monoisotopic (exact) mass is 393 g/mol. The van der Waals surface area contributed by atoms with Gasteiger partial charge in [0.25, 0.3) is 0 Å². The Morgan fingerprint density at radius 1 is 1.03 bits per heavy atom. The van der Waals surface area contributed by atoms with Gasteiger partial charge < -0.3 is 9.84 Å².